The van der Waals surface area contributed by atoms with Gasteiger partial charge < -0.3 is 9.84 Å². The van der Waals surface area contributed by atoms with E-state index in [1.807, 2.05) is 24.3 Å². The first-order valence-corrected chi connectivity index (χ1v) is 6.95. The molecule has 1 aliphatic rings. The summed E-state index contributed by atoms with van der Waals surface area (Å²) in [5.74, 6) is -0.361. The standard InChI is InChI=1S/C16H23NO3/c1-16(2,3)17-9-12(13(10-17)15(18)19)11-7-5-6-8-14(11)20-4/h5-8,12-13H,9-10H2,1-4H3,(H,18,19)/t12-,13+/m1/s1. The van der Waals surface area contributed by atoms with Crippen LogP contribution in [0, 0.1) is 5.92 Å². The molecule has 110 valence electrons. The molecule has 1 saturated heterocycles. The average molecular weight is 277 g/mol. The maximum atomic E-state index is 11.6. The second-order valence-corrected chi connectivity index (χ2v) is 6.37. The van der Waals surface area contributed by atoms with Gasteiger partial charge in [-0.2, -0.15) is 0 Å². The number of ether oxygens (including phenoxy) is 1. The zero-order chi connectivity index (χ0) is 14.9. The average Bonchev–Trinajstić information content (AvgIpc) is 2.83. The van der Waals surface area contributed by atoms with E-state index in [1.54, 1.807) is 7.11 Å². The molecule has 0 aromatic heterocycles. The minimum atomic E-state index is -0.729. The van der Waals surface area contributed by atoms with E-state index in [0.717, 1.165) is 17.9 Å². The van der Waals surface area contributed by atoms with Gasteiger partial charge in [-0.3, -0.25) is 9.69 Å². The normalized spacial score (nSPS) is 23.8. The van der Waals surface area contributed by atoms with Gasteiger partial charge in [-0.1, -0.05) is 18.2 Å². The summed E-state index contributed by atoms with van der Waals surface area (Å²) in [4.78, 5) is 13.8. The molecule has 0 radical (unpaired) electrons. The second-order valence-electron chi connectivity index (χ2n) is 6.37. The van der Waals surface area contributed by atoms with Gasteiger partial charge in [0.25, 0.3) is 0 Å². The Morgan fingerprint density at radius 3 is 2.50 bits per heavy atom. The summed E-state index contributed by atoms with van der Waals surface area (Å²) < 4.78 is 5.40. The zero-order valence-corrected chi connectivity index (χ0v) is 12.6. The summed E-state index contributed by atoms with van der Waals surface area (Å²) in [6, 6.07) is 7.73. The van der Waals surface area contributed by atoms with Crippen molar-refractivity contribution in [3.8, 4) is 5.75 Å². The molecule has 1 aromatic rings. The quantitative estimate of drug-likeness (QED) is 0.922. The number of carboxylic acids is 1. The molecule has 1 heterocycles. The number of carboxylic acid groups (broad SMARTS) is 1. The predicted octanol–water partition coefficient (Wildman–Crippen LogP) is 2.59. The summed E-state index contributed by atoms with van der Waals surface area (Å²) in [6.07, 6.45) is 0. The Morgan fingerprint density at radius 1 is 1.30 bits per heavy atom. The maximum absolute atomic E-state index is 11.6. The number of rotatable bonds is 3. The van der Waals surface area contributed by atoms with Crippen molar-refractivity contribution in [1.29, 1.82) is 0 Å². The number of benzene rings is 1. The van der Waals surface area contributed by atoms with Gasteiger partial charge in [0.15, 0.2) is 0 Å². The molecule has 0 amide bonds. The Labute approximate surface area is 120 Å². The van der Waals surface area contributed by atoms with E-state index in [1.165, 1.54) is 0 Å². The summed E-state index contributed by atoms with van der Waals surface area (Å²) in [7, 11) is 1.63. The lowest BCUT2D eigenvalue weighted by Gasteiger charge is -2.31. The summed E-state index contributed by atoms with van der Waals surface area (Å²) >= 11 is 0. The van der Waals surface area contributed by atoms with Crippen molar-refractivity contribution in [2.24, 2.45) is 5.92 Å². The fourth-order valence-corrected chi connectivity index (χ4v) is 2.89. The molecule has 2 atom stereocenters. The molecule has 0 aliphatic carbocycles. The van der Waals surface area contributed by atoms with Gasteiger partial charge in [-0.25, -0.2) is 0 Å². The van der Waals surface area contributed by atoms with E-state index in [4.69, 9.17) is 4.74 Å². The second kappa shape index (κ2) is 5.44. The van der Waals surface area contributed by atoms with Crippen molar-refractivity contribution in [3.63, 3.8) is 0 Å². The number of hydrogen-bond acceptors (Lipinski definition) is 3. The summed E-state index contributed by atoms with van der Waals surface area (Å²) in [5.41, 5.74) is 0.971. The minimum absolute atomic E-state index is 0.0233. The minimum Gasteiger partial charge on any atom is -0.496 e. The van der Waals surface area contributed by atoms with Crippen LogP contribution in [0.3, 0.4) is 0 Å². The lowest BCUT2D eigenvalue weighted by Crippen LogP contribution is -2.40. The molecule has 0 saturated carbocycles. The Bertz CT molecular complexity index is 493. The highest BCUT2D eigenvalue weighted by molar-refractivity contribution is 5.72. The monoisotopic (exact) mass is 277 g/mol. The highest BCUT2D eigenvalue weighted by Crippen LogP contribution is 2.39. The van der Waals surface area contributed by atoms with E-state index < -0.39 is 5.97 Å². The van der Waals surface area contributed by atoms with Crippen LogP contribution in [-0.4, -0.2) is 41.7 Å². The largest absolute Gasteiger partial charge is 0.496 e. The molecule has 2 rings (SSSR count). The van der Waals surface area contributed by atoms with Gasteiger partial charge in [0.05, 0.1) is 13.0 Å². The predicted molar refractivity (Wildman–Crippen MR) is 78.2 cm³/mol. The summed E-state index contributed by atoms with van der Waals surface area (Å²) in [6.45, 7) is 7.70. The molecule has 0 unspecified atom stereocenters. The van der Waals surface area contributed by atoms with Crippen LogP contribution in [0.15, 0.2) is 24.3 Å². The van der Waals surface area contributed by atoms with Crippen molar-refractivity contribution < 1.29 is 14.6 Å². The molecule has 4 nitrogen and oxygen atoms in total. The number of aliphatic carboxylic acids is 1. The van der Waals surface area contributed by atoms with E-state index in [2.05, 4.69) is 25.7 Å². The Kier molecular flexibility index (Phi) is 4.04. The number of nitrogens with zero attached hydrogens (tertiary/aromatic N) is 1. The van der Waals surface area contributed by atoms with Gasteiger partial charge in [0, 0.05) is 24.5 Å². The van der Waals surface area contributed by atoms with Crippen molar-refractivity contribution in [2.75, 3.05) is 20.2 Å². The molecule has 1 N–H and O–H groups in total. The first-order chi connectivity index (χ1) is 9.34. The van der Waals surface area contributed by atoms with Gasteiger partial charge in [-0.05, 0) is 32.4 Å². The number of hydrogen-bond donors (Lipinski definition) is 1. The third-order valence-corrected chi connectivity index (χ3v) is 4.12. The molecule has 0 spiro atoms. The first kappa shape index (κ1) is 14.9. The van der Waals surface area contributed by atoms with Crippen LogP contribution in [0.5, 0.6) is 5.75 Å². The van der Waals surface area contributed by atoms with Crippen molar-refractivity contribution >= 4 is 5.97 Å². The topological polar surface area (TPSA) is 49.8 Å². The van der Waals surface area contributed by atoms with E-state index in [9.17, 15) is 9.90 Å². The molecule has 1 fully saturated rings. The molecular formula is C16H23NO3. The highest BCUT2D eigenvalue weighted by atomic mass is 16.5. The molecular weight excluding hydrogens is 254 g/mol. The Balaban J connectivity index is 2.35. The fraction of sp³-hybridized carbons (Fsp3) is 0.562. The van der Waals surface area contributed by atoms with E-state index in [-0.39, 0.29) is 17.4 Å². The third-order valence-electron chi connectivity index (χ3n) is 4.12. The van der Waals surface area contributed by atoms with Gasteiger partial charge in [0.2, 0.25) is 0 Å². The van der Waals surface area contributed by atoms with Crippen LogP contribution in [0.4, 0.5) is 0 Å². The number of para-hydroxylation sites is 1. The van der Waals surface area contributed by atoms with Crippen LogP contribution in [0.25, 0.3) is 0 Å². The van der Waals surface area contributed by atoms with E-state index >= 15 is 0 Å². The molecule has 1 aliphatic heterocycles. The highest BCUT2D eigenvalue weighted by Gasteiger charge is 2.42. The zero-order valence-electron chi connectivity index (χ0n) is 12.6. The first-order valence-electron chi connectivity index (χ1n) is 6.95. The van der Waals surface area contributed by atoms with Crippen LogP contribution in [0.2, 0.25) is 0 Å². The Hall–Kier alpha value is -1.55. The molecule has 0 bridgehead atoms. The number of methoxy groups -OCH3 is 1. The lowest BCUT2D eigenvalue weighted by atomic mass is 9.88. The van der Waals surface area contributed by atoms with Crippen LogP contribution < -0.4 is 4.74 Å². The van der Waals surface area contributed by atoms with Crippen LogP contribution >= 0.6 is 0 Å². The van der Waals surface area contributed by atoms with Gasteiger partial charge in [0.1, 0.15) is 5.75 Å². The Morgan fingerprint density at radius 2 is 1.95 bits per heavy atom. The van der Waals surface area contributed by atoms with Crippen LogP contribution in [-0.2, 0) is 4.79 Å². The van der Waals surface area contributed by atoms with Gasteiger partial charge in [-0.15, -0.1) is 0 Å². The number of carbonyl (C=O) groups is 1. The fourth-order valence-electron chi connectivity index (χ4n) is 2.89. The van der Waals surface area contributed by atoms with Crippen LogP contribution in [0.1, 0.15) is 32.3 Å². The smallest absolute Gasteiger partial charge is 0.308 e. The lowest BCUT2D eigenvalue weighted by molar-refractivity contribution is -0.141. The van der Waals surface area contributed by atoms with Crippen molar-refractivity contribution in [1.82, 2.24) is 4.90 Å². The third kappa shape index (κ3) is 2.80. The van der Waals surface area contributed by atoms with Gasteiger partial charge >= 0.3 is 5.97 Å². The van der Waals surface area contributed by atoms with Crippen molar-refractivity contribution in [3.05, 3.63) is 29.8 Å². The van der Waals surface area contributed by atoms with Crippen molar-refractivity contribution in [2.45, 2.75) is 32.2 Å². The maximum Gasteiger partial charge on any atom is 0.308 e. The number of likely N-dealkylation sites (tertiary alicyclic amines) is 1. The SMILES string of the molecule is COc1ccccc1[C@H]1CN(C(C)(C)C)C[C@@H]1C(=O)O. The summed E-state index contributed by atoms with van der Waals surface area (Å²) in [5, 5.41) is 9.52. The molecule has 1 aromatic carbocycles. The van der Waals surface area contributed by atoms with E-state index in [0.29, 0.717) is 6.54 Å². The molecule has 20 heavy (non-hydrogen) atoms. The molecule has 4 heteroatoms.